The Morgan fingerprint density at radius 2 is 2.13 bits per heavy atom. The van der Waals surface area contributed by atoms with Crippen molar-refractivity contribution in [2.45, 2.75) is 0 Å². The molecule has 2 rings (SSSR count). The normalized spacial score (nSPS) is 10.2. The zero-order valence-electron chi connectivity index (χ0n) is 7.70. The fraction of sp³-hybridized carbons (Fsp3) is 0. The van der Waals surface area contributed by atoms with Crippen LogP contribution in [-0.4, -0.2) is 16.1 Å². The van der Waals surface area contributed by atoms with Crippen molar-refractivity contribution in [3.05, 3.63) is 47.1 Å². The minimum absolute atomic E-state index is 0.115. The van der Waals surface area contributed by atoms with Crippen LogP contribution in [0.4, 0.5) is 0 Å². The third-order valence-electron chi connectivity index (χ3n) is 2.11. The molecule has 3 nitrogen and oxygen atoms in total. The number of carboxylic acid groups (broad SMARTS) is 1. The Balaban J connectivity index is 2.52. The summed E-state index contributed by atoms with van der Waals surface area (Å²) in [6, 6.07) is 8.64. The van der Waals surface area contributed by atoms with Gasteiger partial charge in [0.05, 0.1) is 10.6 Å². The maximum atomic E-state index is 10.8. The van der Waals surface area contributed by atoms with Gasteiger partial charge in [-0.05, 0) is 29.8 Å². The molecule has 15 heavy (non-hydrogen) atoms. The predicted molar refractivity (Wildman–Crippen MR) is 58.2 cm³/mol. The van der Waals surface area contributed by atoms with Crippen molar-refractivity contribution in [3.8, 4) is 11.3 Å². The Kier molecular flexibility index (Phi) is 2.47. The molecule has 4 heteroatoms. The Morgan fingerprint density at radius 3 is 2.73 bits per heavy atom. The molecule has 0 aliphatic heterocycles. The second kappa shape index (κ2) is 3.79. The first-order valence-electron chi connectivity index (χ1n) is 4.35. The number of H-pyrrole nitrogens is 1. The van der Waals surface area contributed by atoms with E-state index < -0.39 is 5.97 Å². The predicted octanol–water partition coefficient (Wildman–Crippen LogP) is 3.03. The molecular formula is C11H8ClNO2. The van der Waals surface area contributed by atoms with Crippen LogP contribution < -0.4 is 0 Å². The summed E-state index contributed by atoms with van der Waals surface area (Å²) < 4.78 is 0. The SMILES string of the molecule is O=C(O)c1cc(-c2ccc[nH]2)ccc1Cl. The topological polar surface area (TPSA) is 53.1 Å². The van der Waals surface area contributed by atoms with Crippen LogP contribution in [-0.2, 0) is 0 Å². The van der Waals surface area contributed by atoms with E-state index in [2.05, 4.69) is 4.98 Å². The largest absolute Gasteiger partial charge is 0.478 e. The van der Waals surface area contributed by atoms with Crippen molar-refractivity contribution in [3.63, 3.8) is 0 Å². The summed E-state index contributed by atoms with van der Waals surface area (Å²) in [5, 5.41) is 9.14. The lowest BCUT2D eigenvalue weighted by molar-refractivity contribution is 0.0697. The third kappa shape index (κ3) is 1.87. The van der Waals surface area contributed by atoms with Gasteiger partial charge in [0.1, 0.15) is 0 Å². The molecule has 0 aliphatic carbocycles. The lowest BCUT2D eigenvalue weighted by atomic mass is 10.1. The average Bonchev–Trinajstić information content (AvgIpc) is 2.71. The zero-order valence-corrected chi connectivity index (χ0v) is 8.45. The molecule has 0 amide bonds. The van der Waals surface area contributed by atoms with E-state index in [1.165, 1.54) is 0 Å². The molecule has 2 N–H and O–H groups in total. The van der Waals surface area contributed by atoms with Gasteiger partial charge in [-0.3, -0.25) is 0 Å². The van der Waals surface area contributed by atoms with Gasteiger partial charge in [-0.15, -0.1) is 0 Å². The van der Waals surface area contributed by atoms with Crippen molar-refractivity contribution in [1.29, 1.82) is 0 Å². The summed E-state index contributed by atoms with van der Waals surface area (Å²) in [6.45, 7) is 0. The lowest BCUT2D eigenvalue weighted by Gasteiger charge is -2.02. The number of hydrogen-bond donors (Lipinski definition) is 2. The molecule has 0 saturated carbocycles. The first-order chi connectivity index (χ1) is 7.18. The van der Waals surface area contributed by atoms with Crippen LogP contribution in [0.25, 0.3) is 11.3 Å². The van der Waals surface area contributed by atoms with E-state index in [0.29, 0.717) is 0 Å². The Bertz CT molecular complexity index is 491. The Labute approximate surface area is 91.3 Å². The molecule has 76 valence electrons. The van der Waals surface area contributed by atoms with E-state index in [1.807, 2.05) is 12.1 Å². The van der Waals surface area contributed by atoms with Crippen LogP contribution in [0, 0.1) is 0 Å². The standard InChI is InChI=1S/C11H8ClNO2/c12-9-4-3-7(6-8(9)11(14)15)10-2-1-5-13-10/h1-6,13H,(H,14,15). The number of rotatable bonds is 2. The summed E-state index contributed by atoms with van der Waals surface area (Å²) in [5.41, 5.74) is 1.79. The first kappa shape index (κ1) is 9.80. The number of aromatic nitrogens is 1. The van der Waals surface area contributed by atoms with Gasteiger partial charge in [0.25, 0.3) is 0 Å². The number of hydrogen-bond acceptors (Lipinski definition) is 1. The van der Waals surface area contributed by atoms with Crippen LogP contribution in [0.15, 0.2) is 36.5 Å². The van der Waals surface area contributed by atoms with Gasteiger partial charge in [0, 0.05) is 11.9 Å². The van der Waals surface area contributed by atoms with Crippen molar-refractivity contribution in [2.75, 3.05) is 0 Å². The maximum absolute atomic E-state index is 10.8. The van der Waals surface area contributed by atoms with Gasteiger partial charge >= 0.3 is 5.97 Å². The quantitative estimate of drug-likeness (QED) is 0.819. The molecule has 1 heterocycles. The molecule has 0 unspecified atom stereocenters. The highest BCUT2D eigenvalue weighted by Crippen LogP contribution is 2.23. The van der Waals surface area contributed by atoms with E-state index >= 15 is 0 Å². The number of aromatic carboxylic acids is 1. The molecule has 0 bridgehead atoms. The second-order valence-corrected chi connectivity index (χ2v) is 3.49. The highest BCUT2D eigenvalue weighted by Gasteiger charge is 2.10. The van der Waals surface area contributed by atoms with E-state index in [-0.39, 0.29) is 10.6 Å². The van der Waals surface area contributed by atoms with Gasteiger partial charge in [0.15, 0.2) is 0 Å². The van der Waals surface area contributed by atoms with Crippen molar-refractivity contribution >= 4 is 17.6 Å². The minimum Gasteiger partial charge on any atom is -0.478 e. The van der Waals surface area contributed by atoms with Gasteiger partial charge in [-0.2, -0.15) is 0 Å². The van der Waals surface area contributed by atoms with Crippen LogP contribution in [0.1, 0.15) is 10.4 Å². The molecule has 0 aliphatic rings. The summed E-state index contributed by atoms with van der Waals surface area (Å²) in [7, 11) is 0. The molecular weight excluding hydrogens is 214 g/mol. The van der Waals surface area contributed by atoms with E-state index in [4.69, 9.17) is 16.7 Å². The molecule has 0 atom stereocenters. The number of aromatic amines is 1. The Morgan fingerprint density at radius 1 is 1.33 bits per heavy atom. The number of nitrogens with one attached hydrogen (secondary N) is 1. The Hall–Kier alpha value is -1.74. The second-order valence-electron chi connectivity index (χ2n) is 3.08. The molecule has 0 saturated heterocycles. The monoisotopic (exact) mass is 221 g/mol. The van der Waals surface area contributed by atoms with E-state index in [1.54, 1.807) is 24.4 Å². The van der Waals surface area contributed by atoms with Crippen molar-refractivity contribution < 1.29 is 9.90 Å². The molecule has 1 aromatic carbocycles. The lowest BCUT2D eigenvalue weighted by Crippen LogP contribution is -1.97. The summed E-state index contributed by atoms with van der Waals surface area (Å²) in [4.78, 5) is 13.9. The van der Waals surface area contributed by atoms with Gasteiger partial charge < -0.3 is 10.1 Å². The summed E-state index contributed by atoms with van der Waals surface area (Å²) >= 11 is 5.76. The van der Waals surface area contributed by atoms with Gasteiger partial charge in [-0.1, -0.05) is 17.7 Å². The van der Waals surface area contributed by atoms with Crippen LogP contribution >= 0.6 is 11.6 Å². The molecule has 0 radical (unpaired) electrons. The number of halogens is 1. The maximum Gasteiger partial charge on any atom is 0.337 e. The minimum atomic E-state index is -1.02. The highest BCUT2D eigenvalue weighted by molar-refractivity contribution is 6.33. The van der Waals surface area contributed by atoms with Crippen molar-refractivity contribution in [2.24, 2.45) is 0 Å². The zero-order chi connectivity index (χ0) is 10.8. The summed E-state index contributed by atoms with van der Waals surface area (Å²) in [6.07, 6.45) is 1.78. The van der Waals surface area contributed by atoms with Crippen LogP contribution in [0.5, 0.6) is 0 Å². The smallest absolute Gasteiger partial charge is 0.337 e. The fourth-order valence-electron chi connectivity index (χ4n) is 1.37. The van der Waals surface area contributed by atoms with E-state index in [0.717, 1.165) is 11.3 Å². The summed E-state index contributed by atoms with van der Waals surface area (Å²) in [5.74, 6) is -1.02. The number of carbonyl (C=O) groups is 1. The molecule has 2 aromatic rings. The number of carboxylic acids is 1. The van der Waals surface area contributed by atoms with Crippen molar-refractivity contribution in [1.82, 2.24) is 4.98 Å². The first-order valence-corrected chi connectivity index (χ1v) is 4.73. The van der Waals surface area contributed by atoms with Gasteiger partial charge in [-0.25, -0.2) is 4.79 Å². The average molecular weight is 222 g/mol. The van der Waals surface area contributed by atoms with Gasteiger partial charge in [0.2, 0.25) is 0 Å². The van der Waals surface area contributed by atoms with Crippen LogP contribution in [0.2, 0.25) is 5.02 Å². The van der Waals surface area contributed by atoms with Crippen LogP contribution in [0.3, 0.4) is 0 Å². The molecule has 0 spiro atoms. The number of benzene rings is 1. The highest BCUT2D eigenvalue weighted by atomic mass is 35.5. The fourth-order valence-corrected chi connectivity index (χ4v) is 1.56. The van der Waals surface area contributed by atoms with E-state index in [9.17, 15) is 4.79 Å². The third-order valence-corrected chi connectivity index (χ3v) is 2.44. The molecule has 0 fully saturated rings. The molecule has 1 aromatic heterocycles.